The number of rotatable bonds is 5. The average molecular weight is 443 g/mol. The van der Waals surface area contributed by atoms with E-state index in [1.165, 1.54) is 19.1 Å². The highest BCUT2D eigenvalue weighted by Crippen LogP contribution is 2.34. The van der Waals surface area contributed by atoms with Crippen LogP contribution >= 0.6 is 0 Å². The van der Waals surface area contributed by atoms with Gasteiger partial charge in [-0.1, -0.05) is 0 Å². The van der Waals surface area contributed by atoms with Crippen LogP contribution in [-0.4, -0.2) is 39.9 Å². The van der Waals surface area contributed by atoms with Crippen molar-refractivity contribution >= 4 is 38.9 Å². The minimum atomic E-state index is -3.91. The van der Waals surface area contributed by atoms with E-state index in [0.717, 1.165) is 49.3 Å². The quantitative estimate of drug-likeness (QED) is 0.739. The molecule has 164 valence electrons. The van der Waals surface area contributed by atoms with Crippen LogP contribution in [0.5, 0.6) is 0 Å². The number of anilines is 3. The standard InChI is InChI=1S/C22H26N4O4S/c1-15(27)26-12-9-16-13-18(6-8-20(16)26)31(29,30)24-19-14-17(22(23)28)5-7-21(19)25-10-3-2-4-11-25/h5-8,13-14,24H,2-4,9-12H2,1H3,(H2,23,28). The van der Waals surface area contributed by atoms with Crippen molar-refractivity contribution in [2.24, 2.45) is 5.73 Å². The number of nitrogens with one attached hydrogen (secondary N) is 1. The lowest BCUT2D eigenvalue weighted by Gasteiger charge is -2.31. The number of nitrogens with two attached hydrogens (primary N) is 1. The molecule has 2 heterocycles. The second kappa shape index (κ2) is 8.22. The molecule has 4 rings (SSSR count). The van der Waals surface area contributed by atoms with Crippen molar-refractivity contribution in [3.63, 3.8) is 0 Å². The van der Waals surface area contributed by atoms with Crippen LogP contribution in [0.3, 0.4) is 0 Å². The summed E-state index contributed by atoms with van der Waals surface area (Å²) in [6, 6.07) is 9.64. The highest BCUT2D eigenvalue weighted by Gasteiger charge is 2.26. The summed E-state index contributed by atoms with van der Waals surface area (Å²) in [6.45, 7) is 3.69. The molecule has 0 saturated carbocycles. The average Bonchev–Trinajstić information content (AvgIpc) is 3.17. The molecule has 2 aromatic carbocycles. The van der Waals surface area contributed by atoms with Crippen LogP contribution in [0.15, 0.2) is 41.3 Å². The molecule has 2 aliphatic rings. The number of nitrogens with zero attached hydrogens (tertiary/aromatic N) is 2. The topological polar surface area (TPSA) is 113 Å². The molecule has 3 N–H and O–H groups in total. The third kappa shape index (κ3) is 4.23. The summed E-state index contributed by atoms with van der Waals surface area (Å²) in [5.74, 6) is -0.686. The van der Waals surface area contributed by atoms with Gasteiger partial charge >= 0.3 is 0 Å². The van der Waals surface area contributed by atoms with Gasteiger partial charge in [0.15, 0.2) is 0 Å². The van der Waals surface area contributed by atoms with Crippen LogP contribution in [0.1, 0.15) is 42.1 Å². The van der Waals surface area contributed by atoms with Gasteiger partial charge in [0.25, 0.3) is 10.0 Å². The number of benzene rings is 2. The predicted octanol–water partition coefficient (Wildman–Crippen LogP) is 2.49. The van der Waals surface area contributed by atoms with E-state index in [1.54, 1.807) is 29.2 Å². The smallest absolute Gasteiger partial charge is 0.261 e. The van der Waals surface area contributed by atoms with Gasteiger partial charge in [-0.05, 0) is 67.6 Å². The van der Waals surface area contributed by atoms with E-state index in [2.05, 4.69) is 9.62 Å². The van der Waals surface area contributed by atoms with Gasteiger partial charge in [0, 0.05) is 37.8 Å². The van der Waals surface area contributed by atoms with E-state index >= 15 is 0 Å². The van der Waals surface area contributed by atoms with Gasteiger partial charge in [-0.25, -0.2) is 8.42 Å². The van der Waals surface area contributed by atoms with Gasteiger partial charge in [0.05, 0.1) is 16.3 Å². The van der Waals surface area contributed by atoms with Crippen molar-refractivity contribution in [2.45, 2.75) is 37.5 Å². The zero-order chi connectivity index (χ0) is 22.2. The van der Waals surface area contributed by atoms with Crippen LogP contribution in [-0.2, 0) is 21.2 Å². The zero-order valence-corrected chi connectivity index (χ0v) is 18.2. The number of sulfonamides is 1. The molecule has 2 amide bonds. The largest absolute Gasteiger partial charge is 0.370 e. The van der Waals surface area contributed by atoms with Crippen LogP contribution in [0.2, 0.25) is 0 Å². The van der Waals surface area contributed by atoms with Crippen molar-refractivity contribution in [1.29, 1.82) is 0 Å². The number of hydrogen-bond acceptors (Lipinski definition) is 5. The van der Waals surface area contributed by atoms with Crippen molar-refractivity contribution in [2.75, 3.05) is 34.2 Å². The molecular weight excluding hydrogens is 416 g/mol. The normalized spacial score (nSPS) is 16.2. The van der Waals surface area contributed by atoms with Crippen molar-refractivity contribution in [3.8, 4) is 0 Å². The zero-order valence-electron chi connectivity index (χ0n) is 17.4. The molecule has 0 spiro atoms. The first-order valence-corrected chi connectivity index (χ1v) is 11.9. The van der Waals surface area contributed by atoms with Crippen LogP contribution in [0.4, 0.5) is 17.1 Å². The second-order valence-electron chi connectivity index (χ2n) is 7.96. The fraction of sp³-hybridized carbons (Fsp3) is 0.364. The summed E-state index contributed by atoms with van der Waals surface area (Å²) < 4.78 is 29.1. The summed E-state index contributed by atoms with van der Waals surface area (Å²) >= 11 is 0. The summed E-state index contributed by atoms with van der Waals surface area (Å²) in [4.78, 5) is 27.3. The molecule has 0 radical (unpaired) electrons. The van der Waals surface area contributed by atoms with Crippen molar-refractivity contribution < 1.29 is 18.0 Å². The number of carbonyl (C=O) groups is 2. The van der Waals surface area contributed by atoms with E-state index in [1.807, 2.05) is 0 Å². The highest BCUT2D eigenvalue weighted by molar-refractivity contribution is 7.92. The van der Waals surface area contributed by atoms with Crippen molar-refractivity contribution in [3.05, 3.63) is 47.5 Å². The number of primary amides is 1. The lowest BCUT2D eigenvalue weighted by Crippen LogP contribution is -2.30. The fourth-order valence-electron chi connectivity index (χ4n) is 4.26. The summed E-state index contributed by atoms with van der Waals surface area (Å²) in [5.41, 5.74) is 8.30. The first kappa shape index (κ1) is 21.2. The van der Waals surface area contributed by atoms with Gasteiger partial charge < -0.3 is 15.5 Å². The Labute approximate surface area is 182 Å². The Morgan fingerprint density at radius 2 is 1.68 bits per heavy atom. The highest BCUT2D eigenvalue weighted by atomic mass is 32.2. The van der Waals surface area contributed by atoms with Gasteiger partial charge in [-0.15, -0.1) is 0 Å². The third-order valence-corrected chi connectivity index (χ3v) is 7.22. The van der Waals surface area contributed by atoms with Gasteiger partial charge in [-0.3, -0.25) is 14.3 Å². The molecule has 2 aliphatic heterocycles. The van der Waals surface area contributed by atoms with Gasteiger partial charge in [0.2, 0.25) is 11.8 Å². The molecular formula is C22H26N4O4S. The molecule has 1 fully saturated rings. The van der Waals surface area contributed by atoms with Gasteiger partial charge in [0.1, 0.15) is 0 Å². The van der Waals surface area contributed by atoms with Crippen LogP contribution in [0.25, 0.3) is 0 Å². The van der Waals surface area contributed by atoms with Crippen LogP contribution < -0.4 is 20.3 Å². The van der Waals surface area contributed by atoms with E-state index < -0.39 is 15.9 Å². The van der Waals surface area contributed by atoms with E-state index in [4.69, 9.17) is 5.73 Å². The molecule has 0 bridgehead atoms. The minimum absolute atomic E-state index is 0.0677. The minimum Gasteiger partial charge on any atom is -0.370 e. The molecule has 0 unspecified atom stereocenters. The van der Waals surface area contributed by atoms with E-state index in [0.29, 0.717) is 18.7 Å². The van der Waals surface area contributed by atoms with E-state index in [9.17, 15) is 18.0 Å². The Morgan fingerprint density at radius 1 is 0.968 bits per heavy atom. The molecule has 1 saturated heterocycles. The Kier molecular flexibility index (Phi) is 5.62. The predicted molar refractivity (Wildman–Crippen MR) is 120 cm³/mol. The van der Waals surface area contributed by atoms with Gasteiger partial charge in [-0.2, -0.15) is 0 Å². The lowest BCUT2D eigenvalue weighted by molar-refractivity contribution is -0.116. The number of carbonyl (C=O) groups excluding carboxylic acids is 2. The number of amides is 2. The third-order valence-electron chi connectivity index (χ3n) is 5.86. The SMILES string of the molecule is CC(=O)N1CCc2cc(S(=O)(=O)Nc3cc(C(N)=O)ccc3N3CCCCC3)ccc21. The molecule has 0 atom stereocenters. The first-order chi connectivity index (χ1) is 14.8. The number of fused-ring (bicyclic) bond motifs is 1. The summed E-state index contributed by atoms with van der Waals surface area (Å²) in [6.07, 6.45) is 3.81. The number of piperidine rings is 1. The molecule has 8 nitrogen and oxygen atoms in total. The summed E-state index contributed by atoms with van der Waals surface area (Å²) in [7, 11) is -3.91. The van der Waals surface area contributed by atoms with Crippen molar-refractivity contribution in [1.82, 2.24) is 0 Å². The Balaban J connectivity index is 1.68. The fourth-order valence-corrected chi connectivity index (χ4v) is 5.37. The van der Waals surface area contributed by atoms with Crippen LogP contribution in [0, 0.1) is 0 Å². The molecule has 0 aliphatic carbocycles. The molecule has 9 heteroatoms. The Morgan fingerprint density at radius 3 is 2.35 bits per heavy atom. The number of hydrogen-bond donors (Lipinski definition) is 2. The lowest BCUT2D eigenvalue weighted by atomic mass is 10.1. The Hall–Kier alpha value is -3.07. The molecule has 31 heavy (non-hydrogen) atoms. The second-order valence-corrected chi connectivity index (χ2v) is 9.64. The molecule has 2 aromatic rings. The molecule has 0 aromatic heterocycles. The first-order valence-electron chi connectivity index (χ1n) is 10.4. The summed E-state index contributed by atoms with van der Waals surface area (Å²) in [5, 5.41) is 0. The van der Waals surface area contributed by atoms with E-state index in [-0.39, 0.29) is 16.4 Å². The maximum Gasteiger partial charge on any atom is 0.261 e. The Bertz CT molecular complexity index is 1140. The maximum absolute atomic E-state index is 13.2. The maximum atomic E-state index is 13.2. The monoisotopic (exact) mass is 442 g/mol.